The van der Waals surface area contributed by atoms with Crippen molar-refractivity contribution in [2.24, 2.45) is 5.73 Å². The number of para-hydroxylation sites is 1. The normalized spacial score (nSPS) is 13.6. The molecule has 0 radical (unpaired) electrons. The van der Waals surface area contributed by atoms with E-state index in [1.807, 2.05) is 35.2 Å². The standard InChI is InChI=1S/C19H21N3O2.ClH/c1-13(20)19(24)21-16-8-6-14(7-9-16)12-18(23)22-11-10-15-4-2-3-5-17(15)22;/h2-9,13H,10-12,20H2,1H3,(H,21,24);1H/t13-;/m1./s1. The maximum atomic E-state index is 12.6. The van der Waals surface area contributed by atoms with Gasteiger partial charge in [0.1, 0.15) is 0 Å². The molecule has 0 fully saturated rings. The zero-order valence-electron chi connectivity index (χ0n) is 14.1. The number of halogens is 1. The third-order valence-electron chi connectivity index (χ3n) is 4.18. The molecule has 6 heteroatoms. The molecule has 3 N–H and O–H groups in total. The van der Waals surface area contributed by atoms with Gasteiger partial charge in [-0.1, -0.05) is 30.3 Å². The summed E-state index contributed by atoms with van der Waals surface area (Å²) in [7, 11) is 0. The number of amides is 2. The van der Waals surface area contributed by atoms with E-state index in [-0.39, 0.29) is 24.2 Å². The quantitative estimate of drug-likeness (QED) is 0.880. The summed E-state index contributed by atoms with van der Waals surface area (Å²) in [5.74, 6) is -0.139. The molecule has 1 heterocycles. The Balaban J connectivity index is 0.00000225. The fourth-order valence-electron chi connectivity index (χ4n) is 2.83. The first-order chi connectivity index (χ1) is 11.5. The number of nitrogens with one attached hydrogen (secondary N) is 1. The number of hydrogen-bond acceptors (Lipinski definition) is 3. The first kappa shape index (κ1) is 19.0. The van der Waals surface area contributed by atoms with Crippen LogP contribution in [-0.4, -0.2) is 24.4 Å². The second-order valence-electron chi connectivity index (χ2n) is 6.08. The smallest absolute Gasteiger partial charge is 0.240 e. The highest BCUT2D eigenvalue weighted by Crippen LogP contribution is 2.28. The summed E-state index contributed by atoms with van der Waals surface area (Å²) >= 11 is 0. The Hall–Kier alpha value is -2.37. The molecular weight excluding hydrogens is 338 g/mol. The lowest BCUT2D eigenvalue weighted by Crippen LogP contribution is -2.32. The van der Waals surface area contributed by atoms with Crippen molar-refractivity contribution in [3.05, 3.63) is 59.7 Å². The number of carbonyl (C=O) groups is 2. The van der Waals surface area contributed by atoms with E-state index in [2.05, 4.69) is 11.4 Å². The number of nitrogens with zero attached hydrogens (tertiary/aromatic N) is 1. The number of hydrogen-bond donors (Lipinski definition) is 2. The molecule has 0 saturated carbocycles. The topological polar surface area (TPSA) is 75.4 Å². The van der Waals surface area contributed by atoms with Crippen LogP contribution < -0.4 is 16.0 Å². The van der Waals surface area contributed by atoms with Crippen LogP contribution in [0.15, 0.2) is 48.5 Å². The molecule has 0 unspecified atom stereocenters. The van der Waals surface area contributed by atoms with Gasteiger partial charge in [-0.3, -0.25) is 9.59 Å². The summed E-state index contributed by atoms with van der Waals surface area (Å²) in [4.78, 5) is 26.0. The van der Waals surface area contributed by atoms with Crippen LogP contribution in [0.4, 0.5) is 11.4 Å². The first-order valence-corrected chi connectivity index (χ1v) is 8.08. The van der Waals surface area contributed by atoms with E-state index in [0.29, 0.717) is 12.1 Å². The van der Waals surface area contributed by atoms with Gasteiger partial charge in [-0.05, 0) is 42.7 Å². The predicted octanol–water partition coefficient (Wildman–Crippen LogP) is 2.53. The highest BCUT2D eigenvalue weighted by atomic mass is 35.5. The van der Waals surface area contributed by atoms with Crippen molar-refractivity contribution in [3.8, 4) is 0 Å². The molecule has 1 aliphatic rings. The summed E-state index contributed by atoms with van der Waals surface area (Å²) in [5, 5.41) is 2.73. The molecule has 5 nitrogen and oxygen atoms in total. The predicted molar refractivity (Wildman–Crippen MR) is 102 cm³/mol. The molecule has 132 valence electrons. The van der Waals surface area contributed by atoms with E-state index in [1.165, 1.54) is 5.56 Å². The molecule has 2 aromatic carbocycles. The van der Waals surface area contributed by atoms with Crippen molar-refractivity contribution in [3.63, 3.8) is 0 Å². The van der Waals surface area contributed by atoms with Crippen LogP contribution in [0.2, 0.25) is 0 Å². The van der Waals surface area contributed by atoms with Gasteiger partial charge in [-0.15, -0.1) is 12.4 Å². The Kier molecular flexibility index (Phi) is 6.17. The van der Waals surface area contributed by atoms with Gasteiger partial charge < -0.3 is 16.0 Å². The Morgan fingerprint density at radius 2 is 1.84 bits per heavy atom. The third kappa shape index (κ3) is 4.38. The fraction of sp³-hybridized carbons (Fsp3) is 0.263. The van der Waals surface area contributed by atoms with Crippen molar-refractivity contribution >= 4 is 35.6 Å². The molecule has 0 spiro atoms. The lowest BCUT2D eigenvalue weighted by molar-refractivity contribution is -0.118. The van der Waals surface area contributed by atoms with E-state index in [1.54, 1.807) is 19.1 Å². The molecule has 2 aromatic rings. The minimum atomic E-state index is -0.554. The molecule has 0 aliphatic carbocycles. The largest absolute Gasteiger partial charge is 0.325 e. The van der Waals surface area contributed by atoms with E-state index in [4.69, 9.17) is 5.73 Å². The molecule has 1 atom stereocenters. The van der Waals surface area contributed by atoms with Crippen molar-refractivity contribution in [2.45, 2.75) is 25.8 Å². The van der Waals surface area contributed by atoms with Crippen LogP contribution in [0.1, 0.15) is 18.1 Å². The molecule has 3 rings (SSSR count). The Morgan fingerprint density at radius 1 is 1.16 bits per heavy atom. The summed E-state index contributed by atoms with van der Waals surface area (Å²) < 4.78 is 0. The fourth-order valence-corrected chi connectivity index (χ4v) is 2.83. The van der Waals surface area contributed by atoms with Gasteiger partial charge in [0.2, 0.25) is 11.8 Å². The highest BCUT2D eigenvalue weighted by molar-refractivity contribution is 5.97. The van der Waals surface area contributed by atoms with Crippen LogP contribution >= 0.6 is 12.4 Å². The Morgan fingerprint density at radius 3 is 2.52 bits per heavy atom. The third-order valence-corrected chi connectivity index (χ3v) is 4.18. The summed E-state index contributed by atoms with van der Waals surface area (Å²) in [6, 6.07) is 14.8. The van der Waals surface area contributed by atoms with Crippen molar-refractivity contribution in [2.75, 3.05) is 16.8 Å². The average molecular weight is 360 g/mol. The Labute approximate surface area is 153 Å². The van der Waals surface area contributed by atoms with Crippen LogP contribution in [-0.2, 0) is 22.4 Å². The average Bonchev–Trinajstić information content (AvgIpc) is 3.00. The molecular formula is C19H22ClN3O2. The lowest BCUT2D eigenvalue weighted by atomic mass is 10.1. The summed E-state index contributed by atoms with van der Waals surface area (Å²) in [5.41, 5.74) is 9.37. The zero-order valence-corrected chi connectivity index (χ0v) is 14.9. The number of rotatable bonds is 4. The maximum Gasteiger partial charge on any atom is 0.240 e. The van der Waals surface area contributed by atoms with Gasteiger partial charge in [0.25, 0.3) is 0 Å². The summed E-state index contributed by atoms with van der Waals surface area (Å²) in [6.45, 7) is 2.37. The van der Waals surface area contributed by atoms with Gasteiger partial charge in [0.15, 0.2) is 0 Å². The van der Waals surface area contributed by atoms with E-state index in [9.17, 15) is 9.59 Å². The number of fused-ring (bicyclic) bond motifs is 1. The molecule has 0 bridgehead atoms. The van der Waals surface area contributed by atoms with E-state index < -0.39 is 6.04 Å². The van der Waals surface area contributed by atoms with Gasteiger partial charge in [-0.25, -0.2) is 0 Å². The monoisotopic (exact) mass is 359 g/mol. The molecule has 1 aliphatic heterocycles. The molecule has 2 amide bonds. The van der Waals surface area contributed by atoms with Crippen LogP contribution in [0, 0.1) is 0 Å². The maximum absolute atomic E-state index is 12.6. The van der Waals surface area contributed by atoms with E-state index >= 15 is 0 Å². The SMILES string of the molecule is C[C@@H](N)C(=O)Nc1ccc(CC(=O)N2CCc3ccccc32)cc1.Cl. The van der Waals surface area contributed by atoms with Gasteiger partial charge in [-0.2, -0.15) is 0 Å². The lowest BCUT2D eigenvalue weighted by Gasteiger charge is -2.17. The van der Waals surface area contributed by atoms with Crippen molar-refractivity contribution in [1.29, 1.82) is 0 Å². The van der Waals surface area contributed by atoms with Gasteiger partial charge >= 0.3 is 0 Å². The molecule has 0 saturated heterocycles. The Bertz CT molecular complexity index is 760. The minimum absolute atomic E-state index is 0. The van der Waals surface area contributed by atoms with Crippen molar-refractivity contribution in [1.82, 2.24) is 0 Å². The van der Waals surface area contributed by atoms with Crippen LogP contribution in [0.5, 0.6) is 0 Å². The van der Waals surface area contributed by atoms with Gasteiger partial charge in [0, 0.05) is 17.9 Å². The highest BCUT2D eigenvalue weighted by Gasteiger charge is 2.23. The number of carbonyl (C=O) groups excluding carboxylic acids is 2. The van der Waals surface area contributed by atoms with Gasteiger partial charge in [0.05, 0.1) is 12.5 Å². The second-order valence-corrected chi connectivity index (χ2v) is 6.08. The van der Waals surface area contributed by atoms with Crippen LogP contribution in [0.25, 0.3) is 0 Å². The number of anilines is 2. The molecule has 25 heavy (non-hydrogen) atoms. The van der Waals surface area contributed by atoms with E-state index in [0.717, 1.165) is 24.2 Å². The zero-order chi connectivity index (χ0) is 17.1. The second kappa shape index (κ2) is 8.14. The molecule has 0 aromatic heterocycles. The number of nitrogens with two attached hydrogens (primary N) is 1. The van der Waals surface area contributed by atoms with Crippen molar-refractivity contribution < 1.29 is 9.59 Å². The minimum Gasteiger partial charge on any atom is -0.325 e. The number of benzene rings is 2. The summed E-state index contributed by atoms with van der Waals surface area (Å²) in [6.07, 6.45) is 1.25. The van der Waals surface area contributed by atoms with Crippen LogP contribution in [0.3, 0.4) is 0 Å². The first-order valence-electron chi connectivity index (χ1n) is 8.08.